The van der Waals surface area contributed by atoms with E-state index in [1.54, 1.807) is 4.90 Å². The zero-order valence-corrected chi connectivity index (χ0v) is 18.1. The van der Waals surface area contributed by atoms with Gasteiger partial charge in [0.25, 0.3) is 0 Å². The second-order valence-corrected chi connectivity index (χ2v) is 7.87. The Morgan fingerprint density at radius 1 is 1.00 bits per heavy atom. The predicted molar refractivity (Wildman–Crippen MR) is 121 cm³/mol. The van der Waals surface area contributed by atoms with Crippen molar-refractivity contribution in [3.63, 3.8) is 0 Å². The first-order chi connectivity index (χ1) is 16.3. The van der Waals surface area contributed by atoms with Crippen molar-refractivity contribution in [2.75, 3.05) is 23.7 Å². The summed E-state index contributed by atoms with van der Waals surface area (Å²) in [5, 5.41) is 0. The molecule has 178 valence electrons. The number of nitrogens with two attached hydrogens (primary N) is 2. The Kier molecular flexibility index (Phi) is 6.64. The Morgan fingerprint density at radius 3 is 2.26 bits per heavy atom. The van der Waals surface area contributed by atoms with Crippen LogP contribution < -0.4 is 16.4 Å². The van der Waals surface area contributed by atoms with Gasteiger partial charge in [0, 0.05) is 30.4 Å². The minimum absolute atomic E-state index is 0.116. The lowest BCUT2D eigenvalue weighted by Crippen LogP contribution is -2.28. The molecule has 2 aromatic heterocycles. The van der Waals surface area contributed by atoms with Crippen molar-refractivity contribution in [1.29, 1.82) is 0 Å². The number of hydrogen-bond acceptors (Lipinski definition) is 6. The van der Waals surface area contributed by atoms with Crippen LogP contribution in [0.4, 0.5) is 29.1 Å². The summed E-state index contributed by atoms with van der Waals surface area (Å²) >= 11 is 0. The summed E-state index contributed by atoms with van der Waals surface area (Å²) in [5.41, 5.74) is 11.0. The SMILES string of the molecule is Nc1ncnc2c1ncn2Cc1c(N2CCC(N)C2)ccc(F)c1C(F)(F)F.c1ccccc1. The highest BCUT2D eigenvalue weighted by atomic mass is 19.4. The van der Waals surface area contributed by atoms with E-state index in [0.717, 1.165) is 6.07 Å². The van der Waals surface area contributed by atoms with Gasteiger partial charge < -0.3 is 20.9 Å². The average molecular weight is 473 g/mol. The van der Waals surface area contributed by atoms with E-state index in [4.69, 9.17) is 11.5 Å². The molecule has 2 aromatic carbocycles. The molecule has 1 unspecified atom stereocenters. The summed E-state index contributed by atoms with van der Waals surface area (Å²) in [4.78, 5) is 13.7. The molecule has 1 aliphatic rings. The van der Waals surface area contributed by atoms with Crippen molar-refractivity contribution in [1.82, 2.24) is 19.5 Å². The van der Waals surface area contributed by atoms with E-state index < -0.39 is 17.6 Å². The normalized spacial score (nSPS) is 15.9. The maximum Gasteiger partial charge on any atom is 0.419 e. The molecule has 1 atom stereocenters. The van der Waals surface area contributed by atoms with Gasteiger partial charge in [0.2, 0.25) is 0 Å². The molecule has 5 rings (SSSR count). The molecule has 7 nitrogen and oxygen atoms in total. The standard InChI is InChI=1S/C17H17F4N7.C6H6/c18-11-1-2-12(27-4-3-9(22)5-27)10(13(11)17(19,20)21)6-28-8-26-14-15(23)24-7-25-16(14)28;1-2-4-6-5-3-1/h1-2,7-9H,3-6,22H2,(H2,23,24,25);1-6H. The van der Waals surface area contributed by atoms with Crippen LogP contribution in [-0.4, -0.2) is 38.7 Å². The fraction of sp³-hybridized carbons (Fsp3) is 0.261. The Morgan fingerprint density at radius 2 is 1.68 bits per heavy atom. The van der Waals surface area contributed by atoms with Crippen molar-refractivity contribution in [2.45, 2.75) is 25.2 Å². The summed E-state index contributed by atoms with van der Waals surface area (Å²) in [6.45, 7) is 0.618. The molecule has 0 spiro atoms. The maximum absolute atomic E-state index is 14.3. The zero-order chi connectivity index (χ0) is 24.3. The third-order valence-corrected chi connectivity index (χ3v) is 5.51. The van der Waals surface area contributed by atoms with Gasteiger partial charge in [-0.25, -0.2) is 19.3 Å². The fourth-order valence-corrected chi connectivity index (χ4v) is 3.95. The summed E-state index contributed by atoms with van der Waals surface area (Å²) in [5.74, 6) is -1.21. The smallest absolute Gasteiger partial charge is 0.382 e. The monoisotopic (exact) mass is 473 g/mol. The average Bonchev–Trinajstić information content (AvgIpc) is 3.42. The molecule has 1 fully saturated rings. The van der Waals surface area contributed by atoms with Crippen LogP contribution in [0.25, 0.3) is 11.2 Å². The van der Waals surface area contributed by atoms with Gasteiger partial charge in [-0.1, -0.05) is 36.4 Å². The molecule has 0 radical (unpaired) electrons. The van der Waals surface area contributed by atoms with Gasteiger partial charge >= 0.3 is 6.18 Å². The quantitative estimate of drug-likeness (QED) is 0.439. The Balaban J connectivity index is 0.000000398. The molecule has 4 N–H and O–H groups in total. The molecule has 11 heteroatoms. The van der Waals surface area contributed by atoms with Gasteiger partial charge in [0.1, 0.15) is 17.7 Å². The molecular formula is C23H23F4N7. The number of rotatable bonds is 3. The molecule has 0 aliphatic carbocycles. The van der Waals surface area contributed by atoms with Crippen LogP contribution in [0.3, 0.4) is 0 Å². The van der Waals surface area contributed by atoms with Crippen LogP contribution >= 0.6 is 0 Å². The van der Waals surface area contributed by atoms with Gasteiger partial charge in [-0.3, -0.25) is 0 Å². The van der Waals surface area contributed by atoms with Crippen LogP contribution in [0.2, 0.25) is 0 Å². The van der Waals surface area contributed by atoms with Gasteiger partial charge in [0.15, 0.2) is 11.5 Å². The topological polar surface area (TPSA) is 98.9 Å². The number of benzene rings is 2. The van der Waals surface area contributed by atoms with Crippen LogP contribution in [0.5, 0.6) is 0 Å². The highest BCUT2D eigenvalue weighted by Crippen LogP contribution is 2.39. The lowest BCUT2D eigenvalue weighted by atomic mass is 10.0. The Hall–Kier alpha value is -3.73. The highest BCUT2D eigenvalue weighted by molar-refractivity contribution is 5.81. The van der Waals surface area contributed by atoms with E-state index >= 15 is 0 Å². The van der Waals surface area contributed by atoms with Crippen LogP contribution in [0.15, 0.2) is 61.2 Å². The molecule has 0 saturated carbocycles. The maximum atomic E-state index is 14.3. The summed E-state index contributed by atoms with van der Waals surface area (Å²) < 4.78 is 56.8. The largest absolute Gasteiger partial charge is 0.419 e. The van der Waals surface area contributed by atoms with Crippen LogP contribution in [0, 0.1) is 5.82 Å². The molecule has 1 aliphatic heterocycles. The van der Waals surface area contributed by atoms with Gasteiger partial charge in [0.05, 0.1) is 18.4 Å². The van der Waals surface area contributed by atoms with Crippen molar-refractivity contribution >= 4 is 22.7 Å². The number of hydrogen-bond donors (Lipinski definition) is 2. The second-order valence-electron chi connectivity index (χ2n) is 7.87. The van der Waals surface area contributed by atoms with Crippen molar-refractivity contribution < 1.29 is 17.6 Å². The Bertz CT molecular complexity index is 1230. The number of halogens is 4. The minimum Gasteiger partial charge on any atom is -0.382 e. The third-order valence-electron chi connectivity index (χ3n) is 5.51. The molecule has 0 bridgehead atoms. The number of nitrogens with zero attached hydrogens (tertiary/aromatic N) is 5. The second kappa shape index (κ2) is 9.64. The molecular weight excluding hydrogens is 450 g/mol. The number of imidazole rings is 1. The third kappa shape index (κ3) is 4.93. The lowest BCUT2D eigenvalue weighted by Gasteiger charge is -2.25. The van der Waals surface area contributed by atoms with E-state index in [0.29, 0.717) is 25.2 Å². The first-order valence-corrected chi connectivity index (χ1v) is 10.6. The number of anilines is 2. The van der Waals surface area contributed by atoms with Crippen LogP contribution in [-0.2, 0) is 12.7 Å². The van der Waals surface area contributed by atoms with E-state index in [-0.39, 0.29) is 35.1 Å². The summed E-state index contributed by atoms with van der Waals surface area (Å²) in [6.07, 6.45) is -1.69. The predicted octanol–water partition coefficient (Wildman–Crippen LogP) is 3.84. The molecule has 3 heterocycles. The van der Waals surface area contributed by atoms with Gasteiger partial charge in [-0.2, -0.15) is 13.2 Å². The summed E-state index contributed by atoms with van der Waals surface area (Å²) in [7, 11) is 0. The number of alkyl halides is 3. The lowest BCUT2D eigenvalue weighted by molar-refractivity contribution is -0.140. The molecule has 4 aromatic rings. The van der Waals surface area contributed by atoms with E-state index in [1.807, 2.05) is 36.4 Å². The molecule has 0 amide bonds. The van der Waals surface area contributed by atoms with Crippen molar-refractivity contribution in [3.05, 3.63) is 78.1 Å². The van der Waals surface area contributed by atoms with E-state index in [2.05, 4.69) is 15.0 Å². The van der Waals surface area contributed by atoms with Crippen molar-refractivity contribution in [2.24, 2.45) is 5.73 Å². The summed E-state index contributed by atoms with van der Waals surface area (Å²) in [6, 6.07) is 14.1. The van der Waals surface area contributed by atoms with Gasteiger partial charge in [-0.05, 0) is 18.6 Å². The number of nitrogen functional groups attached to an aromatic ring is 1. The van der Waals surface area contributed by atoms with Crippen molar-refractivity contribution in [3.8, 4) is 0 Å². The number of fused-ring (bicyclic) bond motifs is 1. The zero-order valence-electron chi connectivity index (χ0n) is 18.1. The highest BCUT2D eigenvalue weighted by Gasteiger charge is 2.39. The van der Waals surface area contributed by atoms with Gasteiger partial charge in [-0.15, -0.1) is 0 Å². The van der Waals surface area contributed by atoms with E-state index in [9.17, 15) is 17.6 Å². The minimum atomic E-state index is -4.86. The fourth-order valence-electron chi connectivity index (χ4n) is 3.95. The first kappa shape index (κ1) is 23.4. The van der Waals surface area contributed by atoms with E-state index in [1.165, 1.54) is 23.3 Å². The molecule has 34 heavy (non-hydrogen) atoms. The Labute approximate surface area is 193 Å². The van der Waals surface area contributed by atoms with Crippen LogP contribution in [0.1, 0.15) is 17.5 Å². The molecule has 1 saturated heterocycles. The first-order valence-electron chi connectivity index (χ1n) is 10.6. The number of aromatic nitrogens is 4.